The SMILES string of the molecule is Cc1cnc(C)c(NCCC(C)O)n1. The largest absolute Gasteiger partial charge is 0.393 e. The molecule has 78 valence electrons. The van der Waals surface area contributed by atoms with Gasteiger partial charge in [0.05, 0.1) is 17.5 Å². The maximum atomic E-state index is 9.08. The summed E-state index contributed by atoms with van der Waals surface area (Å²) in [5.41, 5.74) is 1.79. The van der Waals surface area contributed by atoms with Gasteiger partial charge in [-0.3, -0.25) is 4.98 Å². The Morgan fingerprint density at radius 3 is 2.86 bits per heavy atom. The number of aliphatic hydroxyl groups is 1. The first kappa shape index (κ1) is 10.9. The summed E-state index contributed by atoms with van der Waals surface area (Å²) in [6, 6.07) is 0. The fourth-order valence-corrected chi connectivity index (χ4v) is 1.10. The minimum absolute atomic E-state index is 0.277. The topological polar surface area (TPSA) is 58.0 Å². The van der Waals surface area contributed by atoms with Crippen LogP contribution in [0.25, 0.3) is 0 Å². The summed E-state index contributed by atoms with van der Waals surface area (Å²) in [4.78, 5) is 8.50. The molecule has 14 heavy (non-hydrogen) atoms. The van der Waals surface area contributed by atoms with Crippen LogP contribution in [0.3, 0.4) is 0 Å². The lowest BCUT2D eigenvalue weighted by Gasteiger charge is -2.09. The van der Waals surface area contributed by atoms with Gasteiger partial charge in [0.15, 0.2) is 0 Å². The molecule has 1 heterocycles. The number of nitrogens with one attached hydrogen (secondary N) is 1. The number of rotatable bonds is 4. The van der Waals surface area contributed by atoms with Gasteiger partial charge in [-0.2, -0.15) is 0 Å². The van der Waals surface area contributed by atoms with Crippen LogP contribution in [0.2, 0.25) is 0 Å². The number of aliphatic hydroxyl groups excluding tert-OH is 1. The Hall–Kier alpha value is -1.16. The Morgan fingerprint density at radius 2 is 2.21 bits per heavy atom. The Labute approximate surface area is 84.4 Å². The highest BCUT2D eigenvalue weighted by Gasteiger charge is 2.01. The number of nitrogens with zero attached hydrogens (tertiary/aromatic N) is 2. The molecule has 0 radical (unpaired) electrons. The summed E-state index contributed by atoms with van der Waals surface area (Å²) in [7, 11) is 0. The lowest BCUT2D eigenvalue weighted by molar-refractivity contribution is 0.188. The van der Waals surface area contributed by atoms with Gasteiger partial charge in [-0.1, -0.05) is 0 Å². The van der Waals surface area contributed by atoms with Gasteiger partial charge >= 0.3 is 0 Å². The van der Waals surface area contributed by atoms with E-state index in [-0.39, 0.29) is 6.10 Å². The van der Waals surface area contributed by atoms with Crippen LogP contribution in [0.4, 0.5) is 5.82 Å². The zero-order chi connectivity index (χ0) is 10.6. The summed E-state index contributed by atoms with van der Waals surface area (Å²) < 4.78 is 0. The molecule has 4 nitrogen and oxygen atoms in total. The third kappa shape index (κ3) is 3.30. The lowest BCUT2D eigenvalue weighted by Crippen LogP contribution is -2.12. The van der Waals surface area contributed by atoms with Gasteiger partial charge < -0.3 is 10.4 Å². The Kier molecular flexibility index (Phi) is 3.83. The molecule has 2 N–H and O–H groups in total. The molecule has 0 bridgehead atoms. The normalized spacial score (nSPS) is 12.6. The predicted molar refractivity (Wildman–Crippen MR) is 56.3 cm³/mol. The summed E-state index contributed by atoms with van der Waals surface area (Å²) in [5.74, 6) is 0.811. The number of aryl methyl sites for hydroxylation is 2. The van der Waals surface area contributed by atoms with Crippen molar-refractivity contribution >= 4 is 5.82 Å². The van der Waals surface area contributed by atoms with E-state index in [9.17, 15) is 0 Å². The molecule has 0 aliphatic heterocycles. The number of hydrogen-bond acceptors (Lipinski definition) is 4. The average molecular weight is 195 g/mol. The van der Waals surface area contributed by atoms with Gasteiger partial charge in [0.1, 0.15) is 5.82 Å². The summed E-state index contributed by atoms with van der Waals surface area (Å²) >= 11 is 0. The molecule has 0 fully saturated rings. The van der Waals surface area contributed by atoms with E-state index in [4.69, 9.17) is 5.11 Å². The molecule has 0 amide bonds. The Bertz CT molecular complexity index is 299. The maximum absolute atomic E-state index is 9.08. The molecule has 0 spiro atoms. The summed E-state index contributed by atoms with van der Waals surface area (Å²) in [5, 5.41) is 12.2. The molecular formula is C10H17N3O. The van der Waals surface area contributed by atoms with Gasteiger partial charge in [0.2, 0.25) is 0 Å². The van der Waals surface area contributed by atoms with Gasteiger partial charge in [0.25, 0.3) is 0 Å². The van der Waals surface area contributed by atoms with Crippen LogP contribution < -0.4 is 5.32 Å². The zero-order valence-corrected chi connectivity index (χ0v) is 8.91. The van der Waals surface area contributed by atoms with E-state index in [0.29, 0.717) is 0 Å². The monoisotopic (exact) mass is 195 g/mol. The third-order valence-electron chi connectivity index (χ3n) is 1.93. The van der Waals surface area contributed by atoms with E-state index in [1.54, 1.807) is 13.1 Å². The number of anilines is 1. The van der Waals surface area contributed by atoms with Crippen LogP contribution in [0.1, 0.15) is 24.7 Å². The summed E-state index contributed by atoms with van der Waals surface area (Å²) in [6.45, 7) is 6.32. The van der Waals surface area contributed by atoms with Crippen LogP contribution in [0.15, 0.2) is 6.20 Å². The quantitative estimate of drug-likeness (QED) is 0.759. The molecule has 4 heteroatoms. The predicted octanol–water partition coefficient (Wildman–Crippen LogP) is 1.28. The van der Waals surface area contributed by atoms with Crippen molar-refractivity contribution in [2.45, 2.75) is 33.3 Å². The standard InChI is InChI=1S/C10H17N3O/c1-7-6-12-9(3)10(13-7)11-5-4-8(2)14/h6,8,14H,4-5H2,1-3H3,(H,11,13). The van der Waals surface area contributed by atoms with Crippen LogP contribution in [0, 0.1) is 13.8 Å². The first-order chi connectivity index (χ1) is 6.59. The molecule has 1 aromatic rings. The highest BCUT2D eigenvalue weighted by molar-refractivity contribution is 5.39. The van der Waals surface area contributed by atoms with Crippen LogP contribution in [-0.2, 0) is 0 Å². The highest BCUT2D eigenvalue weighted by atomic mass is 16.3. The van der Waals surface area contributed by atoms with Crippen molar-refractivity contribution in [3.8, 4) is 0 Å². The van der Waals surface area contributed by atoms with Gasteiger partial charge in [0, 0.05) is 12.7 Å². The van der Waals surface area contributed by atoms with E-state index in [1.165, 1.54) is 0 Å². The molecule has 0 saturated heterocycles. The second-order valence-electron chi connectivity index (χ2n) is 3.51. The van der Waals surface area contributed by atoms with E-state index in [2.05, 4.69) is 15.3 Å². The van der Waals surface area contributed by atoms with Crippen molar-refractivity contribution in [2.75, 3.05) is 11.9 Å². The highest BCUT2D eigenvalue weighted by Crippen LogP contribution is 2.08. The molecule has 1 unspecified atom stereocenters. The molecule has 0 aliphatic carbocycles. The van der Waals surface area contributed by atoms with Crippen molar-refractivity contribution in [3.05, 3.63) is 17.6 Å². The van der Waals surface area contributed by atoms with E-state index in [0.717, 1.165) is 30.2 Å². The van der Waals surface area contributed by atoms with Crippen LogP contribution in [0.5, 0.6) is 0 Å². The molecule has 0 aliphatic rings. The number of aromatic nitrogens is 2. The maximum Gasteiger partial charge on any atom is 0.147 e. The van der Waals surface area contributed by atoms with E-state index < -0.39 is 0 Å². The van der Waals surface area contributed by atoms with Crippen molar-refractivity contribution in [1.82, 2.24) is 9.97 Å². The molecule has 0 aromatic carbocycles. The molecular weight excluding hydrogens is 178 g/mol. The average Bonchev–Trinajstić information content (AvgIpc) is 2.10. The number of hydrogen-bond donors (Lipinski definition) is 2. The van der Waals surface area contributed by atoms with Crippen LogP contribution >= 0.6 is 0 Å². The van der Waals surface area contributed by atoms with Gasteiger partial charge in [-0.15, -0.1) is 0 Å². The smallest absolute Gasteiger partial charge is 0.147 e. The van der Waals surface area contributed by atoms with Crippen molar-refractivity contribution in [1.29, 1.82) is 0 Å². The molecule has 0 saturated carbocycles. The Balaban J connectivity index is 2.53. The molecule has 1 atom stereocenters. The Morgan fingerprint density at radius 1 is 1.50 bits per heavy atom. The van der Waals surface area contributed by atoms with Gasteiger partial charge in [-0.25, -0.2) is 4.98 Å². The fourth-order valence-electron chi connectivity index (χ4n) is 1.10. The van der Waals surface area contributed by atoms with Crippen molar-refractivity contribution < 1.29 is 5.11 Å². The lowest BCUT2D eigenvalue weighted by atomic mass is 10.3. The second-order valence-corrected chi connectivity index (χ2v) is 3.51. The molecule has 1 aromatic heterocycles. The second kappa shape index (κ2) is 4.91. The van der Waals surface area contributed by atoms with Gasteiger partial charge in [-0.05, 0) is 27.2 Å². The fraction of sp³-hybridized carbons (Fsp3) is 0.600. The van der Waals surface area contributed by atoms with Crippen LogP contribution in [-0.4, -0.2) is 27.7 Å². The third-order valence-corrected chi connectivity index (χ3v) is 1.93. The van der Waals surface area contributed by atoms with E-state index >= 15 is 0 Å². The van der Waals surface area contributed by atoms with Crippen molar-refractivity contribution in [2.24, 2.45) is 0 Å². The molecule has 1 rings (SSSR count). The minimum Gasteiger partial charge on any atom is -0.393 e. The van der Waals surface area contributed by atoms with E-state index in [1.807, 2.05) is 13.8 Å². The first-order valence-electron chi connectivity index (χ1n) is 4.82. The zero-order valence-electron chi connectivity index (χ0n) is 8.91. The summed E-state index contributed by atoms with van der Waals surface area (Å²) in [6.07, 6.45) is 2.19. The first-order valence-corrected chi connectivity index (χ1v) is 4.82. The minimum atomic E-state index is -0.277. The van der Waals surface area contributed by atoms with Crippen molar-refractivity contribution in [3.63, 3.8) is 0 Å².